The molecule has 0 radical (unpaired) electrons. The van der Waals surface area contributed by atoms with E-state index in [1.807, 2.05) is 0 Å². The van der Waals surface area contributed by atoms with Crippen molar-refractivity contribution in [1.82, 2.24) is 4.98 Å². The summed E-state index contributed by atoms with van der Waals surface area (Å²) in [5.74, 6) is -0.865. The lowest BCUT2D eigenvalue weighted by Gasteiger charge is -2.01. The predicted octanol–water partition coefficient (Wildman–Crippen LogP) is 3.51. The van der Waals surface area contributed by atoms with Crippen molar-refractivity contribution in [2.75, 3.05) is 0 Å². The topological polar surface area (TPSA) is 12.9 Å². The first-order valence-electron chi connectivity index (χ1n) is 4.29. The molecule has 76 valence electrons. The predicted molar refractivity (Wildman–Crippen MR) is 54.7 cm³/mol. The Hall–Kier alpha value is -1.42. The van der Waals surface area contributed by atoms with Gasteiger partial charge in [-0.3, -0.25) is 0 Å². The van der Waals surface area contributed by atoms with Gasteiger partial charge in [-0.2, -0.15) is 4.39 Å². The Morgan fingerprint density at radius 3 is 2.60 bits per heavy atom. The maximum Gasteiger partial charge on any atom is 0.213 e. The number of benzene rings is 1. The molecule has 4 heteroatoms. The Morgan fingerprint density at radius 1 is 1.07 bits per heavy atom. The molecule has 0 saturated carbocycles. The van der Waals surface area contributed by atoms with Crippen LogP contribution >= 0.6 is 11.8 Å². The van der Waals surface area contributed by atoms with E-state index < -0.39 is 5.95 Å². The second-order valence-corrected chi connectivity index (χ2v) is 3.96. The summed E-state index contributed by atoms with van der Waals surface area (Å²) in [5, 5.41) is 0. The fourth-order valence-electron chi connectivity index (χ4n) is 1.10. The van der Waals surface area contributed by atoms with Gasteiger partial charge in [0.15, 0.2) is 0 Å². The zero-order valence-corrected chi connectivity index (χ0v) is 8.47. The molecule has 0 unspecified atom stereocenters. The zero-order chi connectivity index (χ0) is 10.7. The average Bonchev–Trinajstić information content (AvgIpc) is 2.22. The van der Waals surface area contributed by atoms with Crippen LogP contribution in [0.1, 0.15) is 0 Å². The lowest BCUT2D eigenvalue weighted by Crippen LogP contribution is -1.83. The fraction of sp³-hybridized carbons (Fsp3) is 0. The van der Waals surface area contributed by atoms with Gasteiger partial charge in [0.2, 0.25) is 5.95 Å². The van der Waals surface area contributed by atoms with Crippen LogP contribution in [0, 0.1) is 11.8 Å². The van der Waals surface area contributed by atoms with Gasteiger partial charge >= 0.3 is 0 Å². The van der Waals surface area contributed by atoms with E-state index in [0.717, 1.165) is 0 Å². The Kier molecular flexibility index (Phi) is 2.97. The summed E-state index contributed by atoms with van der Waals surface area (Å²) in [5.41, 5.74) is 0. The number of pyridine rings is 1. The second-order valence-electron chi connectivity index (χ2n) is 2.85. The Bertz CT molecular complexity index is 474. The SMILES string of the molecule is Fc1cc(Sc2ccccc2F)ccn1. The van der Waals surface area contributed by atoms with Gasteiger partial charge in [0.1, 0.15) is 5.82 Å². The molecule has 15 heavy (non-hydrogen) atoms. The highest BCUT2D eigenvalue weighted by Gasteiger charge is 2.03. The molecule has 0 aliphatic rings. The first kappa shape index (κ1) is 10.1. The van der Waals surface area contributed by atoms with Crippen molar-refractivity contribution in [2.45, 2.75) is 9.79 Å². The molecule has 1 heterocycles. The van der Waals surface area contributed by atoms with Gasteiger partial charge in [-0.1, -0.05) is 23.9 Å². The van der Waals surface area contributed by atoms with E-state index in [1.165, 1.54) is 30.1 Å². The zero-order valence-electron chi connectivity index (χ0n) is 7.65. The lowest BCUT2D eigenvalue weighted by molar-refractivity contribution is 0.579. The highest BCUT2D eigenvalue weighted by Crippen LogP contribution is 2.29. The summed E-state index contributed by atoms with van der Waals surface area (Å²) in [6.45, 7) is 0. The summed E-state index contributed by atoms with van der Waals surface area (Å²) in [4.78, 5) is 4.54. The Balaban J connectivity index is 2.26. The minimum Gasteiger partial charge on any atom is -0.228 e. The van der Waals surface area contributed by atoms with Crippen LogP contribution in [0.2, 0.25) is 0 Å². The van der Waals surface area contributed by atoms with Crippen LogP contribution in [0.5, 0.6) is 0 Å². The van der Waals surface area contributed by atoms with Crippen molar-refractivity contribution in [3.05, 3.63) is 54.4 Å². The molecule has 2 rings (SSSR count). The van der Waals surface area contributed by atoms with Crippen molar-refractivity contribution < 1.29 is 8.78 Å². The minimum atomic E-state index is -0.559. The fourth-order valence-corrected chi connectivity index (χ4v) is 1.95. The van der Waals surface area contributed by atoms with Crippen LogP contribution < -0.4 is 0 Å². The normalized spacial score (nSPS) is 10.3. The molecule has 1 nitrogen and oxygen atoms in total. The van der Waals surface area contributed by atoms with E-state index in [9.17, 15) is 8.78 Å². The molecule has 1 aromatic heterocycles. The van der Waals surface area contributed by atoms with Gasteiger partial charge in [0.05, 0.1) is 0 Å². The van der Waals surface area contributed by atoms with E-state index >= 15 is 0 Å². The number of halogens is 2. The largest absolute Gasteiger partial charge is 0.228 e. The number of rotatable bonds is 2. The van der Waals surface area contributed by atoms with E-state index in [-0.39, 0.29) is 5.82 Å². The summed E-state index contributed by atoms with van der Waals surface area (Å²) in [6.07, 6.45) is 1.36. The maximum atomic E-state index is 13.2. The van der Waals surface area contributed by atoms with Gasteiger partial charge in [-0.15, -0.1) is 0 Å². The Morgan fingerprint density at radius 2 is 1.87 bits per heavy atom. The third kappa shape index (κ3) is 2.53. The van der Waals surface area contributed by atoms with Crippen molar-refractivity contribution in [3.63, 3.8) is 0 Å². The minimum absolute atomic E-state index is 0.306. The number of hydrogen-bond donors (Lipinski definition) is 0. The number of nitrogens with zero attached hydrogens (tertiary/aromatic N) is 1. The van der Waals surface area contributed by atoms with Crippen molar-refractivity contribution in [1.29, 1.82) is 0 Å². The van der Waals surface area contributed by atoms with Gasteiger partial charge in [0, 0.05) is 22.1 Å². The first-order chi connectivity index (χ1) is 7.25. The third-order valence-electron chi connectivity index (χ3n) is 1.76. The smallest absolute Gasteiger partial charge is 0.213 e. The van der Waals surface area contributed by atoms with Gasteiger partial charge in [0.25, 0.3) is 0 Å². The number of aromatic nitrogens is 1. The molecule has 0 saturated heterocycles. The number of hydrogen-bond acceptors (Lipinski definition) is 2. The highest BCUT2D eigenvalue weighted by molar-refractivity contribution is 7.99. The monoisotopic (exact) mass is 223 g/mol. The van der Waals surface area contributed by atoms with E-state index in [2.05, 4.69) is 4.98 Å². The third-order valence-corrected chi connectivity index (χ3v) is 2.80. The maximum absolute atomic E-state index is 13.2. The Labute approximate surface area is 90.2 Å². The van der Waals surface area contributed by atoms with E-state index in [4.69, 9.17) is 0 Å². The van der Waals surface area contributed by atoms with Crippen LogP contribution in [-0.4, -0.2) is 4.98 Å². The van der Waals surface area contributed by atoms with E-state index in [1.54, 1.807) is 24.3 Å². The molecule has 0 spiro atoms. The van der Waals surface area contributed by atoms with Crippen LogP contribution in [-0.2, 0) is 0 Å². The van der Waals surface area contributed by atoms with Gasteiger partial charge in [-0.05, 0) is 18.2 Å². The summed E-state index contributed by atoms with van der Waals surface area (Å²) in [7, 11) is 0. The molecular weight excluding hydrogens is 216 g/mol. The second kappa shape index (κ2) is 4.40. The molecule has 0 aliphatic carbocycles. The molecule has 0 atom stereocenters. The van der Waals surface area contributed by atoms with Crippen LogP contribution in [0.3, 0.4) is 0 Å². The van der Waals surface area contributed by atoms with Gasteiger partial charge < -0.3 is 0 Å². The summed E-state index contributed by atoms with van der Waals surface area (Å²) >= 11 is 1.17. The highest BCUT2D eigenvalue weighted by atomic mass is 32.2. The van der Waals surface area contributed by atoms with Gasteiger partial charge in [-0.25, -0.2) is 9.37 Å². The molecule has 0 N–H and O–H groups in total. The molecular formula is C11H7F2NS. The van der Waals surface area contributed by atoms with E-state index in [0.29, 0.717) is 9.79 Å². The molecule has 0 fully saturated rings. The molecule has 0 amide bonds. The van der Waals surface area contributed by atoms with Crippen molar-refractivity contribution >= 4 is 11.8 Å². The van der Waals surface area contributed by atoms with Crippen molar-refractivity contribution in [2.24, 2.45) is 0 Å². The standard InChI is InChI=1S/C11H7F2NS/c12-9-3-1-2-4-10(9)15-8-5-6-14-11(13)7-8/h1-7H. The van der Waals surface area contributed by atoms with Crippen molar-refractivity contribution in [3.8, 4) is 0 Å². The van der Waals surface area contributed by atoms with Crippen LogP contribution in [0.4, 0.5) is 8.78 Å². The molecule has 1 aromatic carbocycles. The average molecular weight is 223 g/mol. The quantitative estimate of drug-likeness (QED) is 0.722. The van der Waals surface area contributed by atoms with Crippen LogP contribution in [0.25, 0.3) is 0 Å². The molecule has 0 aliphatic heterocycles. The summed E-state index contributed by atoms with van der Waals surface area (Å²) in [6, 6.07) is 9.30. The first-order valence-corrected chi connectivity index (χ1v) is 5.11. The lowest BCUT2D eigenvalue weighted by atomic mass is 10.3. The molecule has 2 aromatic rings. The summed E-state index contributed by atoms with van der Waals surface area (Å²) < 4.78 is 26.0. The molecule has 0 bridgehead atoms. The van der Waals surface area contributed by atoms with Crippen LogP contribution in [0.15, 0.2) is 52.4 Å².